The Morgan fingerprint density at radius 3 is 2.19 bits per heavy atom. The summed E-state index contributed by atoms with van der Waals surface area (Å²) in [4.78, 5) is 14.5. The lowest BCUT2D eigenvalue weighted by Crippen LogP contribution is -2.25. The van der Waals surface area contributed by atoms with E-state index in [-0.39, 0.29) is 10.8 Å². The minimum Gasteiger partial charge on any atom is -0.356 e. The van der Waals surface area contributed by atoms with Crippen molar-refractivity contribution < 1.29 is 13.2 Å². The van der Waals surface area contributed by atoms with Gasteiger partial charge in [0.05, 0.1) is 10.6 Å². The monoisotopic (exact) mass is 443 g/mol. The first kappa shape index (κ1) is 20.1. The van der Waals surface area contributed by atoms with E-state index in [9.17, 15) is 13.2 Å². The largest absolute Gasteiger partial charge is 0.356 e. The van der Waals surface area contributed by atoms with Crippen LogP contribution in [-0.2, 0) is 10.0 Å². The highest BCUT2D eigenvalue weighted by atomic mass is 32.2. The van der Waals surface area contributed by atoms with E-state index in [2.05, 4.69) is 10.0 Å². The molecule has 0 unspecified atom stereocenters. The molecule has 0 aliphatic carbocycles. The van der Waals surface area contributed by atoms with Crippen molar-refractivity contribution in [1.82, 2.24) is 0 Å². The zero-order chi connectivity index (χ0) is 22.3. The molecule has 7 heteroatoms. The van der Waals surface area contributed by atoms with Gasteiger partial charge in [0, 0.05) is 39.9 Å². The molecule has 1 heterocycles. The van der Waals surface area contributed by atoms with Crippen molar-refractivity contribution in [3.05, 3.63) is 90.5 Å². The van der Waals surface area contributed by atoms with Gasteiger partial charge in [-0.05, 0) is 61.5 Å². The fraction of sp³-hybridized carbons (Fsp3) is 0.0800. The molecular weight excluding hydrogens is 422 g/mol. The van der Waals surface area contributed by atoms with Crippen molar-refractivity contribution in [2.45, 2.75) is 11.8 Å². The fourth-order valence-electron chi connectivity index (χ4n) is 4.09. The normalized spacial score (nSPS) is 12.9. The number of amides is 1. The molecule has 0 aromatic heterocycles. The lowest BCUT2D eigenvalue weighted by Gasteiger charge is -2.16. The summed E-state index contributed by atoms with van der Waals surface area (Å²) in [5, 5.41) is 4.49. The molecule has 2 N–H and O–H groups in total. The van der Waals surface area contributed by atoms with Crippen LogP contribution in [-0.4, -0.2) is 20.9 Å². The first-order chi connectivity index (χ1) is 15.5. The van der Waals surface area contributed by atoms with E-state index in [1.165, 1.54) is 0 Å². The van der Waals surface area contributed by atoms with Crippen LogP contribution >= 0.6 is 0 Å². The molecule has 0 bridgehead atoms. The molecule has 1 aliphatic rings. The number of carbonyl (C=O) groups is 1. The number of nitrogens with zero attached hydrogens (tertiary/aromatic N) is 1. The third-order valence-corrected chi connectivity index (χ3v) is 6.99. The highest BCUT2D eigenvalue weighted by molar-refractivity contribution is 7.93. The van der Waals surface area contributed by atoms with Gasteiger partial charge in [0.1, 0.15) is 0 Å². The highest BCUT2D eigenvalue weighted by Crippen LogP contribution is 2.40. The van der Waals surface area contributed by atoms with Crippen molar-refractivity contribution >= 4 is 49.5 Å². The number of hydrogen-bond acceptors (Lipinski definition) is 4. The van der Waals surface area contributed by atoms with E-state index in [0.29, 0.717) is 28.6 Å². The number of carbonyl (C=O) groups excluding carboxylic acids is 1. The minimum atomic E-state index is -3.86. The average Bonchev–Trinajstić information content (AvgIpc) is 3.08. The number of hydrogen-bond donors (Lipinski definition) is 2. The van der Waals surface area contributed by atoms with Gasteiger partial charge in [0.15, 0.2) is 0 Å². The van der Waals surface area contributed by atoms with Crippen LogP contribution in [0.15, 0.2) is 89.8 Å². The number of rotatable bonds is 6. The van der Waals surface area contributed by atoms with Crippen molar-refractivity contribution in [3.8, 4) is 0 Å². The predicted molar refractivity (Wildman–Crippen MR) is 128 cm³/mol. The summed E-state index contributed by atoms with van der Waals surface area (Å²) in [5.74, 6) is -0.0999. The molecule has 160 valence electrons. The van der Waals surface area contributed by atoms with Gasteiger partial charge in [-0.3, -0.25) is 9.52 Å². The summed E-state index contributed by atoms with van der Waals surface area (Å²) in [6.45, 7) is 2.43. The third-order valence-electron chi connectivity index (χ3n) is 5.55. The van der Waals surface area contributed by atoms with Crippen LogP contribution in [0.1, 0.15) is 17.3 Å². The Balaban J connectivity index is 1.46. The van der Waals surface area contributed by atoms with Crippen LogP contribution in [0.3, 0.4) is 0 Å². The van der Waals surface area contributed by atoms with E-state index in [0.717, 1.165) is 17.1 Å². The predicted octanol–water partition coefficient (Wildman–Crippen LogP) is 5.36. The molecule has 5 rings (SSSR count). The van der Waals surface area contributed by atoms with Crippen LogP contribution in [0.25, 0.3) is 10.8 Å². The fourth-order valence-corrected chi connectivity index (χ4v) is 5.35. The summed E-state index contributed by atoms with van der Waals surface area (Å²) < 4.78 is 29.1. The van der Waals surface area contributed by atoms with Gasteiger partial charge < -0.3 is 10.2 Å². The van der Waals surface area contributed by atoms with Crippen LogP contribution in [0.4, 0.5) is 22.7 Å². The minimum absolute atomic E-state index is 0.0999. The van der Waals surface area contributed by atoms with E-state index in [1.807, 2.05) is 49.4 Å². The van der Waals surface area contributed by atoms with Gasteiger partial charge >= 0.3 is 0 Å². The van der Waals surface area contributed by atoms with Crippen molar-refractivity contribution in [2.24, 2.45) is 0 Å². The zero-order valence-corrected chi connectivity index (χ0v) is 18.2. The molecule has 1 aliphatic heterocycles. The topological polar surface area (TPSA) is 78.5 Å². The number of para-hydroxylation sites is 1. The molecule has 6 nitrogen and oxygen atoms in total. The Bertz CT molecular complexity index is 1430. The Morgan fingerprint density at radius 1 is 0.781 bits per heavy atom. The molecule has 0 spiro atoms. The number of benzene rings is 4. The van der Waals surface area contributed by atoms with E-state index >= 15 is 0 Å². The molecular formula is C25H21N3O3S. The summed E-state index contributed by atoms with van der Waals surface area (Å²) in [7, 11) is -3.86. The average molecular weight is 444 g/mol. The van der Waals surface area contributed by atoms with Gasteiger partial charge in [-0.25, -0.2) is 8.42 Å². The van der Waals surface area contributed by atoms with Gasteiger partial charge in [-0.15, -0.1) is 0 Å². The summed E-state index contributed by atoms with van der Waals surface area (Å²) >= 11 is 0. The van der Waals surface area contributed by atoms with E-state index in [1.54, 1.807) is 47.4 Å². The Kier molecular flexibility index (Phi) is 4.83. The quantitative estimate of drug-likeness (QED) is 0.420. The first-order valence-corrected chi connectivity index (χ1v) is 11.8. The van der Waals surface area contributed by atoms with Crippen LogP contribution in [0.5, 0.6) is 0 Å². The molecule has 0 saturated carbocycles. The molecule has 0 fully saturated rings. The number of sulfonamides is 1. The summed E-state index contributed by atoms with van der Waals surface area (Å²) in [5.41, 5.74) is 3.54. The maximum absolute atomic E-state index is 13.2. The Labute approximate surface area is 186 Å². The Hall–Kier alpha value is -3.84. The van der Waals surface area contributed by atoms with E-state index < -0.39 is 10.0 Å². The molecule has 0 atom stereocenters. The third kappa shape index (κ3) is 3.36. The second-order valence-electron chi connectivity index (χ2n) is 7.53. The maximum atomic E-state index is 13.2. The van der Waals surface area contributed by atoms with E-state index in [4.69, 9.17) is 0 Å². The molecule has 1 amide bonds. The Morgan fingerprint density at radius 2 is 1.47 bits per heavy atom. The highest BCUT2D eigenvalue weighted by Gasteiger charge is 2.31. The van der Waals surface area contributed by atoms with Gasteiger partial charge in [-0.2, -0.15) is 0 Å². The van der Waals surface area contributed by atoms with Gasteiger partial charge in [0.2, 0.25) is 0 Å². The van der Waals surface area contributed by atoms with Gasteiger partial charge in [-0.1, -0.05) is 30.3 Å². The first-order valence-electron chi connectivity index (χ1n) is 10.3. The van der Waals surface area contributed by atoms with Crippen LogP contribution < -0.4 is 14.9 Å². The molecule has 32 heavy (non-hydrogen) atoms. The van der Waals surface area contributed by atoms with Crippen LogP contribution in [0.2, 0.25) is 0 Å². The molecule has 4 aromatic rings. The molecule has 0 radical (unpaired) electrons. The van der Waals surface area contributed by atoms with Crippen molar-refractivity contribution in [1.29, 1.82) is 0 Å². The molecule has 0 saturated heterocycles. The standard InChI is InChI=1S/C25H21N3O3S/c1-2-28-22-15-16-23(20-9-6-10-21(24(20)22)25(28)29)32(30,31)27-19-13-11-18(12-14-19)26-17-7-4-3-5-8-17/h3-16,26-27H,2H2,1H3. The SMILES string of the molecule is CCN1C(=O)c2cccc3c(S(=O)(=O)Nc4ccc(Nc5ccccc5)cc4)ccc1c23. The zero-order valence-electron chi connectivity index (χ0n) is 17.4. The second kappa shape index (κ2) is 7.69. The van der Waals surface area contributed by atoms with Crippen molar-refractivity contribution in [2.75, 3.05) is 21.5 Å². The van der Waals surface area contributed by atoms with Gasteiger partial charge in [0.25, 0.3) is 15.9 Å². The molecule has 4 aromatic carbocycles. The number of nitrogens with one attached hydrogen (secondary N) is 2. The maximum Gasteiger partial charge on any atom is 0.262 e. The summed E-state index contributed by atoms with van der Waals surface area (Å²) in [6, 6.07) is 25.3. The lowest BCUT2D eigenvalue weighted by atomic mass is 10.1. The van der Waals surface area contributed by atoms with Crippen molar-refractivity contribution in [3.63, 3.8) is 0 Å². The smallest absolute Gasteiger partial charge is 0.262 e. The van der Waals surface area contributed by atoms with Crippen LogP contribution in [0, 0.1) is 0 Å². The second-order valence-corrected chi connectivity index (χ2v) is 9.19. The number of anilines is 4. The summed E-state index contributed by atoms with van der Waals surface area (Å²) in [6.07, 6.45) is 0. The lowest BCUT2D eigenvalue weighted by molar-refractivity contribution is 0.0994.